The summed E-state index contributed by atoms with van der Waals surface area (Å²) in [6, 6.07) is 0. The first-order valence-electron chi connectivity index (χ1n) is 27.9. The van der Waals surface area contributed by atoms with Crippen molar-refractivity contribution in [3.8, 4) is 0 Å². The Morgan fingerprint density at radius 3 is 1.07 bits per heavy atom. The summed E-state index contributed by atoms with van der Waals surface area (Å²) in [5.41, 5.74) is 0. The second-order valence-corrected chi connectivity index (χ2v) is 18.1. The minimum atomic E-state index is -0.815. The first kappa shape index (κ1) is 64.1. The molecule has 0 N–H and O–H groups in total. The highest BCUT2D eigenvalue weighted by atomic mass is 16.6. The fourth-order valence-electron chi connectivity index (χ4n) is 7.34. The zero-order valence-electron chi connectivity index (χ0n) is 44.1. The van der Waals surface area contributed by atoms with Crippen molar-refractivity contribution in [2.75, 3.05) is 13.2 Å². The van der Waals surface area contributed by atoms with Crippen molar-refractivity contribution in [3.05, 3.63) is 109 Å². The highest BCUT2D eigenvalue weighted by molar-refractivity contribution is 5.71. The molecule has 0 spiro atoms. The molecule has 0 bridgehead atoms. The summed E-state index contributed by atoms with van der Waals surface area (Å²) in [6.07, 6.45) is 75.1. The van der Waals surface area contributed by atoms with E-state index in [2.05, 4.69) is 124 Å². The summed E-state index contributed by atoms with van der Waals surface area (Å²) in [5.74, 6) is -1.01. The van der Waals surface area contributed by atoms with Crippen LogP contribution < -0.4 is 0 Å². The minimum Gasteiger partial charge on any atom is -0.462 e. The fraction of sp³-hybridized carbons (Fsp3) is 0.661. The maximum atomic E-state index is 12.8. The molecule has 0 aromatic carbocycles. The Hall–Kier alpha value is -3.93. The molecule has 0 aliphatic carbocycles. The maximum absolute atomic E-state index is 12.8. The number of carbonyl (C=O) groups excluding carboxylic acids is 3. The van der Waals surface area contributed by atoms with Crippen LogP contribution in [0.15, 0.2) is 109 Å². The quantitative estimate of drug-likeness (QED) is 0.0199. The Kier molecular flexibility index (Phi) is 52.4. The Morgan fingerprint density at radius 2 is 0.647 bits per heavy atom. The molecule has 386 valence electrons. The molecule has 0 aromatic rings. The number of esters is 3. The summed E-state index contributed by atoms with van der Waals surface area (Å²) < 4.78 is 16.8. The molecule has 6 heteroatoms. The van der Waals surface area contributed by atoms with Crippen LogP contribution in [-0.2, 0) is 28.6 Å². The first-order valence-corrected chi connectivity index (χ1v) is 27.9. The predicted octanol–water partition coefficient (Wildman–Crippen LogP) is 18.7. The highest BCUT2D eigenvalue weighted by Gasteiger charge is 2.19. The van der Waals surface area contributed by atoms with Crippen LogP contribution in [0.4, 0.5) is 0 Å². The SMILES string of the molecule is CC/C=C\C/C=C\C/C=C\C/C=C\C/C=C\C/C=C\CCC(=O)OCC(COC(=O)CCCCCCC/C=C\CCCCC)OC(=O)CCCCCCCCCCCC/C=C\C=C/CCCCC. The summed E-state index contributed by atoms with van der Waals surface area (Å²) in [7, 11) is 0. The summed E-state index contributed by atoms with van der Waals surface area (Å²) >= 11 is 0. The number of carbonyl (C=O) groups is 3. The Balaban J connectivity index is 4.49. The lowest BCUT2D eigenvalue weighted by molar-refractivity contribution is -0.166. The van der Waals surface area contributed by atoms with E-state index in [1.54, 1.807) is 0 Å². The van der Waals surface area contributed by atoms with E-state index in [-0.39, 0.29) is 37.5 Å². The van der Waals surface area contributed by atoms with Gasteiger partial charge in [0.15, 0.2) is 6.10 Å². The summed E-state index contributed by atoms with van der Waals surface area (Å²) in [4.78, 5) is 38.1. The molecule has 0 aliphatic heterocycles. The van der Waals surface area contributed by atoms with Gasteiger partial charge in [0, 0.05) is 19.3 Å². The van der Waals surface area contributed by atoms with Gasteiger partial charge in [-0.05, 0) is 109 Å². The largest absolute Gasteiger partial charge is 0.462 e. The zero-order valence-corrected chi connectivity index (χ0v) is 44.1. The predicted molar refractivity (Wildman–Crippen MR) is 293 cm³/mol. The molecule has 0 saturated heterocycles. The second-order valence-electron chi connectivity index (χ2n) is 18.1. The molecule has 0 aliphatic rings. The van der Waals surface area contributed by atoms with Gasteiger partial charge in [-0.1, -0.05) is 226 Å². The number of ether oxygens (including phenoxy) is 3. The third-order valence-electron chi connectivity index (χ3n) is 11.5. The van der Waals surface area contributed by atoms with E-state index in [4.69, 9.17) is 14.2 Å². The lowest BCUT2D eigenvalue weighted by atomic mass is 10.1. The van der Waals surface area contributed by atoms with Gasteiger partial charge in [-0.15, -0.1) is 0 Å². The molecule has 1 unspecified atom stereocenters. The molecule has 0 aromatic heterocycles. The molecule has 0 amide bonds. The van der Waals surface area contributed by atoms with Crippen molar-refractivity contribution in [1.82, 2.24) is 0 Å². The molecule has 0 fully saturated rings. The minimum absolute atomic E-state index is 0.108. The van der Waals surface area contributed by atoms with Crippen LogP contribution in [0.5, 0.6) is 0 Å². The van der Waals surface area contributed by atoms with Crippen LogP contribution in [0.2, 0.25) is 0 Å². The molecule has 0 radical (unpaired) electrons. The number of hydrogen-bond acceptors (Lipinski definition) is 6. The Morgan fingerprint density at radius 1 is 0.324 bits per heavy atom. The molecule has 0 saturated carbocycles. The summed E-state index contributed by atoms with van der Waals surface area (Å²) in [6.45, 7) is 6.40. The van der Waals surface area contributed by atoms with Crippen molar-refractivity contribution in [2.45, 2.75) is 252 Å². The average Bonchev–Trinajstić information content (AvgIpc) is 3.34. The van der Waals surface area contributed by atoms with Crippen molar-refractivity contribution < 1.29 is 28.6 Å². The van der Waals surface area contributed by atoms with E-state index < -0.39 is 6.10 Å². The highest BCUT2D eigenvalue weighted by Crippen LogP contribution is 2.14. The molecule has 0 rings (SSSR count). The van der Waals surface area contributed by atoms with E-state index in [0.29, 0.717) is 19.3 Å². The third-order valence-corrected chi connectivity index (χ3v) is 11.5. The van der Waals surface area contributed by atoms with Gasteiger partial charge in [0.1, 0.15) is 13.2 Å². The van der Waals surface area contributed by atoms with Gasteiger partial charge in [0.05, 0.1) is 0 Å². The molecular weight excluding hydrogens is 841 g/mol. The van der Waals surface area contributed by atoms with Crippen molar-refractivity contribution in [1.29, 1.82) is 0 Å². The van der Waals surface area contributed by atoms with Crippen LogP contribution in [0.1, 0.15) is 245 Å². The van der Waals surface area contributed by atoms with E-state index >= 15 is 0 Å². The van der Waals surface area contributed by atoms with Crippen LogP contribution in [0.25, 0.3) is 0 Å². The van der Waals surface area contributed by atoms with Gasteiger partial charge in [0.25, 0.3) is 0 Å². The topological polar surface area (TPSA) is 78.9 Å². The van der Waals surface area contributed by atoms with Crippen molar-refractivity contribution in [2.24, 2.45) is 0 Å². The number of rotatable bonds is 49. The van der Waals surface area contributed by atoms with Gasteiger partial charge in [0.2, 0.25) is 0 Å². The van der Waals surface area contributed by atoms with Crippen LogP contribution in [0.3, 0.4) is 0 Å². The van der Waals surface area contributed by atoms with Gasteiger partial charge < -0.3 is 14.2 Å². The smallest absolute Gasteiger partial charge is 0.306 e. The van der Waals surface area contributed by atoms with E-state index in [0.717, 1.165) is 89.9 Å². The molecule has 6 nitrogen and oxygen atoms in total. The normalized spacial score (nSPS) is 12.9. The zero-order chi connectivity index (χ0) is 49.3. The Labute approximate surface area is 419 Å². The van der Waals surface area contributed by atoms with Crippen molar-refractivity contribution in [3.63, 3.8) is 0 Å². The number of allylic oxidation sites excluding steroid dienone is 18. The molecule has 0 heterocycles. The van der Waals surface area contributed by atoms with Gasteiger partial charge in [-0.2, -0.15) is 0 Å². The number of hydrogen-bond donors (Lipinski definition) is 0. The lowest BCUT2D eigenvalue weighted by Gasteiger charge is -2.18. The van der Waals surface area contributed by atoms with Gasteiger partial charge in [-0.25, -0.2) is 0 Å². The standard InChI is InChI=1S/C62H102O6/c1-4-7-10-13-16-19-22-25-27-29-31-33-35-37-40-43-46-49-52-55-61(64)67-58-59(57-66-60(63)54-51-48-45-42-39-24-21-18-15-12-9-6-3)68-62(65)56-53-50-47-44-41-38-36-34-32-30-28-26-23-20-17-14-11-8-5-2/h7,10,16-21,23,25-27,31,33,37,40,46,49,59H,4-6,8-9,11-15,22,24,28-30,32,34-36,38-39,41-45,47-48,50-58H2,1-3H3/b10-7-,19-16-,20-17-,21-18-,26-23-,27-25-,33-31-,40-37-,49-46-. The van der Waals surface area contributed by atoms with Crippen LogP contribution in [0, 0.1) is 0 Å². The third kappa shape index (κ3) is 53.0. The lowest BCUT2D eigenvalue weighted by Crippen LogP contribution is -2.30. The first-order chi connectivity index (χ1) is 33.5. The van der Waals surface area contributed by atoms with E-state index in [1.807, 2.05) is 6.08 Å². The van der Waals surface area contributed by atoms with Crippen LogP contribution in [-0.4, -0.2) is 37.2 Å². The monoisotopic (exact) mass is 943 g/mol. The van der Waals surface area contributed by atoms with Gasteiger partial charge in [-0.3, -0.25) is 14.4 Å². The fourth-order valence-corrected chi connectivity index (χ4v) is 7.34. The number of unbranched alkanes of at least 4 members (excludes halogenated alkanes) is 21. The van der Waals surface area contributed by atoms with E-state index in [9.17, 15) is 14.4 Å². The molecule has 68 heavy (non-hydrogen) atoms. The van der Waals surface area contributed by atoms with Gasteiger partial charge >= 0.3 is 17.9 Å². The summed E-state index contributed by atoms with van der Waals surface area (Å²) in [5, 5.41) is 0. The maximum Gasteiger partial charge on any atom is 0.306 e. The Bertz CT molecular complexity index is 1410. The molecular formula is C62H102O6. The van der Waals surface area contributed by atoms with Crippen LogP contribution >= 0.6 is 0 Å². The second kappa shape index (κ2) is 55.7. The average molecular weight is 943 g/mol. The van der Waals surface area contributed by atoms with Crippen molar-refractivity contribution >= 4 is 17.9 Å². The molecule has 1 atom stereocenters. The van der Waals surface area contributed by atoms with E-state index in [1.165, 1.54) is 109 Å².